The maximum Gasteiger partial charge on any atom is 0.309 e. The Labute approximate surface area is 595 Å². The number of aliphatic hydroxyl groups excluding tert-OH is 11. The van der Waals surface area contributed by atoms with E-state index >= 15 is 0 Å². The van der Waals surface area contributed by atoms with Crippen LogP contribution in [0.4, 0.5) is 0 Å². The molecule has 0 radical (unpaired) electrons. The summed E-state index contributed by atoms with van der Waals surface area (Å²) in [5.74, 6) is 12.0. The van der Waals surface area contributed by atoms with Gasteiger partial charge in [0.05, 0.1) is 59.8 Å². The molecule has 0 aromatic rings. The van der Waals surface area contributed by atoms with Crippen LogP contribution in [0.1, 0.15) is 234 Å². The predicted octanol–water partition coefficient (Wildman–Crippen LogP) is 12.9. The van der Waals surface area contributed by atoms with Gasteiger partial charge in [-0.25, -0.2) is 0 Å². The van der Waals surface area contributed by atoms with E-state index < -0.39 is 36.6 Å². The van der Waals surface area contributed by atoms with E-state index in [1.54, 1.807) is 0 Å². The van der Waals surface area contributed by atoms with Gasteiger partial charge in [0.25, 0.3) is 0 Å². The number of rotatable bonds is 16. The number of aliphatic hydroxyl groups is 11. The number of carbonyl (C=O) groups is 1. The molecule has 0 saturated heterocycles. The molecular weight excluding hydrogens is 1240 g/mol. The van der Waals surface area contributed by atoms with Crippen LogP contribution in [0.2, 0.25) is 0 Å². The van der Waals surface area contributed by atoms with Gasteiger partial charge in [0.1, 0.15) is 22.4 Å². The zero-order valence-electron chi connectivity index (χ0n) is 65.1. The first-order valence-corrected chi connectivity index (χ1v) is 39.0. The Morgan fingerprint density at radius 2 is 0.582 bits per heavy atom. The lowest BCUT2D eigenvalue weighted by molar-refractivity contribution is -0.163. The number of hydrogen-bond donors (Lipinski definition) is 11. The van der Waals surface area contributed by atoms with Gasteiger partial charge < -0.3 is 75.1 Å². The van der Waals surface area contributed by atoms with E-state index in [4.69, 9.17) is 29.2 Å². The van der Waals surface area contributed by atoms with Crippen LogP contribution in [0, 0.1) is 148 Å². The Hall–Kier alpha value is -2.35. The molecule has 98 heavy (non-hydrogen) atoms. The molecule has 16 heteroatoms. The van der Waals surface area contributed by atoms with Crippen molar-refractivity contribution in [3.8, 4) is 0 Å². The van der Waals surface area contributed by atoms with Gasteiger partial charge in [-0.2, -0.15) is 0 Å². The Balaban J connectivity index is 0.000000233. The zero-order chi connectivity index (χ0) is 74.2. The Morgan fingerprint density at radius 3 is 0.837 bits per heavy atom. The molecule has 4 bridgehead atoms. The lowest BCUT2D eigenvalue weighted by atomic mass is 9.52. The van der Waals surface area contributed by atoms with Crippen LogP contribution in [0.25, 0.3) is 0 Å². The van der Waals surface area contributed by atoms with E-state index in [9.17, 15) is 50.8 Å². The third-order valence-corrected chi connectivity index (χ3v) is 26.1. The molecule has 10 rings (SSSR count). The van der Waals surface area contributed by atoms with Crippen molar-refractivity contribution in [1.29, 1.82) is 0 Å². The van der Waals surface area contributed by atoms with Gasteiger partial charge in [-0.05, 0) is 278 Å². The van der Waals surface area contributed by atoms with Crippen molar-refractivity contribution in [3.63, 3.8) is 0 Å². The Morgan fingerprint density at radius 1 is 0.327 bits per heavy atom. The van der Waals surface area contributed by atoms with E-state index in [2.05, 4.69) is 61.3 Å². The number of allylic oxidation sites excluding steroid dienone is 3. The van der Waals surface area contributed by atoms with Crippen LogP contribution in [-0.2, 0) is 23.7 Å². The summed E-state index contributed by atoms with van der Waals surface area (Å²) >= 11 is 0. The summed E-state index contributed by atoms with van der Waals surface area (Å²) in [5.41, 5.74) is -1.23. The van der Waals surface area contributed by atoms with Crippen LogP contribution in [0.5, 0.6) is 0 Å². The summed E-state index contributed by atoms with van der Waals surface area (Å²) in [4.78, 5) is 12.4. The van der Waals surface area contributed by atoms with Crippen molar-refractivity contribution >= 4 is 5.97 Å². The van der Waals surface area contributed by atoms with Crippen molar-refractivity contribution in [1.82, 2.24) is 0 Å². The zero-order valence-corrected chi connectivity index (χ0v) is 65.1. The molecule has 22 unspecified atom stereocenters. The summed E-state index contributed by atoms with van der Waals surface area (Å²) in [6.45, 7) is 49.8. The van der Waals surface area contributed by atoms with E-state index in [1.807, 2.05) is 83.1 Å². The minimum absolute atomic E-state index is 0.0984. The van der Waals surface area contributed by atoms with Crippen LogP contribution < -0.4 is 0 Å². The second-order valence-electron chi connectivity index (χ2n) is 36.0. The van der Waals surface area contributed by atoms with Gasteiger partial charge in [0, 0.05) is 51.8 Å². The van der Waals surface area contributed by atoms with Crippen molar-refractivity contribution in [2.24, 2.45) is 148 Å². The molecule has 10 fully saturated rings. The van der Waals surface area contributed by atoms with Gasteiger partial charge in [-0.3, -0.25) is 4.79 Å². The molecular formula is C82H148O16. The molecule has 0 heterocycles. The van der Waals surface area contributed by atoms with Crippen molar-refractivity contribution in [2.45, 2.75) is 293 Å². The molecule has 10 aliphatic rings. The number of ether oxygens (including phenoxy) is 4. The molecule has 0 aromatic carbocycles. The maximum atomic E-state index is 12.4. The minimum atomic E-state index is -0.648. The van der Waals surface area contributed by atoms with Gasteiger partial charge in [0.2, 0.25) is 0 Å². The van der Waals surface area contributed by atoms with Crippen molar-refractivity contribution < 1.29 is 79.9 Å². The molecule has 10 aliphatic carbocycles. The largest absolute Gasteiger partial charge is 0.493 e. The summed E-state index contributed by atoms with van der Waals surface area (Å²) in [6, 6.07) is 0. The van der Waals surface area contributed by atoms with Gasteiger partial charge in [0.15, 0.2) is 0 Å². The summed E-state index contributed by atoms with van der Waals surface area (Å²) in [7, 11) is 2.00. The first-order chi connectivity index (χ1) is 45.9. The fourth-order valence-electron chi connectivity index (χ4n) is 23.2. The van der Waals surface area contributed by atoms with E-state index in [1.165, 1.54) is 25.7 Å². The molecule has 0 amide bonds. The molecule has 16 nitrogen and oxygen atoms in total. The average molecular weight is 1390 g/mol. The monoisotopic (exact) mass is 1390 g/mol. The average Bonchev–Trinajstić information content (AvgIpc) is 1.52. The molecule has 0 aliphatic heterocycles. The number of esters is 1. The standard InChI is InChI=1S/3C21H38O4.C17H26O2.2CH4O/c3*1-7-14-17(11-22)16(12(3)25-21(4,5)6)9-13-10-18(23)20(24)15(8-2)19(13)14;1-17(2,3)19-16(18)13-8-11-7-12(13)15-10-5-4-9(6-10)14(11)15;2*1-2/h3*13-20,22-24H,3,7-11H2,1-2,4-6H3;9-15H,4-8H2,1-3H3;2*2H,1H3/t13?,14?,15?,16?,17-,18+,19?,20+;13?,14?,15?,16?,17-,18-,19?,20+;13?,14?,15?,16?,17-,18-,19?,20-;;;/m001.../s1. The minimum Gasteiger partial charge on any atom is -0.493 e. The normalized spacial score (nSPS) is 42.0. The predicted molar refractivity (Wildman–Crippen MR) is 389 cm³/mol. The maximum absolute atomic E-state index is 12.4. The second kappa shape index (κ2) is 36.6. The fourth-order valence-corrected chi connectivity index (χ4v) is 23.2. The Kier molecular flexibility index (Phi) is 32.2. The van der Waals surface area contributed by atoms with Gasteiger partial charge >= 0.3 is 5.97 Å². The number of fused-ring (bicyclic) bond motifs is 12. The summed E-state index contributed by atoms with van der Waals surface area (Å²) in [5, 5.41) is 107. The first kappa shape index (κ1) is 86.3. The topological polar surface area (TPSA) is 277 Å². The lowest BCUT2D eigenvalue weighted by Crippen LogP contribution is -2.54. The van der Waals surface area contributed by atoms with E-state index in [-0.39, 0.29) is 107 Å². The highest BCUT2D eigenvalue weighted by Crippen LogP contribution is 2.69. The smallest absolute Gasteiger partial charge is 0.309 e. The first-order valence-electron chi connectivity index (χ1n) is 39.0. The summed E-state index contributed by atoms with van der Waals surface area (Å²) < 4.78 is 23.9. The third-order valence-electron chi connectivity index (χ3n) is 26.1. The van der Waals surface area contributed by atoms with Gasteiger partial charge in [-0.15, -0.1) is 0 Å². The molecule has 31 atom stereocenters. The van der Waals surface area contributed by atoms with Crippen molar-refractivity contribution in [3.05, 3.63) is 37.0 Å². The van der Waals surface area contributed by atoms with E-state index in [0.29, 0.717) is 78.4 Å². The molecule has 10 saturated carbocycles. The number of hydrogen-bond acceptors (Lipinski definition) is 16. The molecule has 0 aromatic heterocycles. The fraction of sp³-hybridized carbons (Fsp3) is 0.915. The lowest BCUT2D eigenvalue weighted by Gasteiger charge is -2.54. The van der Waals surface area contributed by atoms with Crippen LogP contribution in [-0.4, -0.2) is 155 Å². The highest BCUT2D eigenvalue weighted by molar-refractivity contribution is 5.74. The molecule has 572 valence electrons. The van der Waals surface area contributed by atoms with Crippen LogP contribution in [0.3, 0.4) is 0 Å². The SMILES string of the molecule is C=C(OC(C)(C)C)C1CC2C[C@@H](O)[C@H](O)C(CC)C2C(CC)[C@@H]1CO.C=C(OC(C)(C)C)C1CC2C[C@@H](O)[C@H](O)C(CC)C2C(CC)[C@H]1CO.C=C(OC(C)(C)C)C1CC2C[C@H](O)[C@H](O)C(CC)C2C(CC)[C@@H]1CO.CC(C)(C)OC(=O)C1CC2CC1C1C3CCC(C3)C21.CO.CO. The van der Waals surface area contributed by atoms with Crippen LogP contribution in [0.15, 0.2) is 37.0 Å². The number of carbonyl (C=O) groups excluding carboxylic acids is 1. The highest BCUT2D eigenvalue weighted by Gasteiger charge is 2.64. The van der Waals surface area contributed by atoms with Crippen molar-refractivity contribution in [2.75, 3.05) is 34.0 Å². The van der Waals surface area contributed by atoms with Crippen LogP contribution >= 0.6 is 0 Å². The highest BCUT2D eigenvalue weighted by atomic mass is 16.6. The quantitative estimate of drug-likeness (QED) is 0.0389. The second-order valence-corrected chi connectivity index (χ2v) is 36.0. The van der Waals surface area contributed by atoms with Gasteiger partial charge in [-0.1, -0.05) is 99.8 Å². The summed E-state index contributed by atoms with van der Waals surface area (Å²) in [6.07, 6.45) is 13.0. The Bertz CT molecular complexity index is 2240. The molecule has 0 spiro atoms. The molecule has 11 N–H and O–H groups in total. The van der Waals surface area contributed by atoms with E-state index in [0.717, 1.165) is 125 Å². The third kappa shape index (κ3) is 20.0.